The first-order chi connectivity index (χ1) is 16.4. The molecule has 3 heterocycles. The molecular formula is C24H22N6O3S. The van der Waals surface area contributed by atoms with E-state index >= 15 is 0 Å². The van der Waals surface area contributed by atoms with Crippen molar-refractivity contribution in [3.63, 3.8) is 0 Å². The van der Waals surface area contributed by atoms with Crippen LogP contribution in [0.4, 0.5) is 5.13 Å². The van der Waals surface area contributed by atoms with Gasteiger partial charge in [0.15, 0.2) is 16.3 Å². The molecule has 0 unspecified atom stereocenters. The molecule has 0 atom stereocenters. The summed E-state index contributed by atoms with van der Waals surface area (Å²) in [5.41, 5.74) is 1.30. The van der Waals surface area contributed by atoms with Crippen LogP contribution in [0, 0.1) is 0 Å². The standard InChI is InChI=1S/C24H22N6O3S/c1-27-15-25-21-20(27)22(32)30(24(33)28(21)2)14-19(31)29(13-12-16-8-4-3-5-9-16)23-26-17-10-6-7-11-18(17)34-23/h3-11,15H,12-14H2,1-2H3. The molecule has 0 radical (unpaired) electrons. The molecule has 10 heteroatoms. The van der Waals surface area contributed by atoms with Crippen LogP contribution in [0.2, 0.25) is 0 Å². The van der Waals surface area contributed by atoms with E-state index in [4.69, 9.17) is 0 Å². The number of nitrogens with zero attached hydrogens (tertiary/aromatic N) is 6. The fourth-order valence-electron chi connectivity index (χ4n) is 3.94. The Labute approximate surface area is 198 Å². The number of carbonyl (C=O) groups excluding carboxylic acids is 1. The number of hydrogen-bond donors (Lipinski definition) is 0. The molecule has 0 aliphatic rings. The Morgan fingerprint density at radius 3 is 2.53 bits per heavy atom. The highest BCUT2D eigenvalue weighted by atomic mass is 32.1. The lowest BCUT2D eigenvalue weighted by Gasteiger charge is -2.20. The van der Waals surface area contributed by atoms with Crippen LogP contribution in [0.5, 0.6) is 0 Å². The minimum absolute atomic E-state index is 0.269. The van der Waals surface area contributed by atoms with E-state index in [2.05, 4.69) is 9.97 Å². The summed E-state index contributed by atoms with van der Waals surface area (Å²) in [4.78, 5) is 49.9. The Morgan fingerprint density at radius 1 is 1.03 bits per heavy atom. The van der Waals surface area contributed by atoms with E-state index in [0.29, 0.717) is 18.1 Å². The number of fused-ring (bicyclic) bond motifs is 2. The summed E-state index contributed by atoms with van der Waals surface area (Å²) in [5.74, 6) is -0.379. The molecule has 9 nitrogen and oxygen atoms in total. The van der Waals surface area contributed by atoms with Gasteiger partial charge in [-0.15, -0.1) is 0 Å². The largest absolute Gasteiger partial charge is 0.332 e. The van der Waals surface area contributed by atoms with Crippen molar-refractivity contribution in [1.29, 1.82) is 0 Å². The van der Waals surface area contributed by atoms with Crippen LogP contribution in [0.3, 0.4) is 0 Å². The average Bonchev–Trinajstić information content (AvgIpc) is 3.45. The van der Waals surface area contributed by atoms with E-state index in [0.717, 1.165) is 20.3 Å². The number of carbonyl (C=O) groups is 1. The van der Waals surface area contributed by atoms with E-state index in [9.17, 15) is 14.4 Å². The Balaban J connectivity index is 1.53. The summed E-state index contributed by atoms with van der Waals surface area (Å²) in [6, 6.07) is 17.5. The summed E-state index contributed by atoms with van der Waals surface area (Å²) >= 11 is 1.41. The molecule has 172 valence electrons. The predicted octanol–water partition coefficient (Wildman–Crippen LogP) is 2.32. The molecule has 0 aliphatic heterocycles. The zero-order valence-electron chi connectivity index (χ0n) is 18.7. The second-order valence-corrected chi connectivity index (χ2v) is 9.01. The number of aromatic nitrogens is 5. The van der Waals surface area contributed by atoms with Gasteiger partial charge in [0.2, 0.25) is 5.91 Å². The predicted molar refractivity (Wildman–Crippen MR) is 132 cm³/mol. The van der Waals surface area contributed by atoms with E-state index in [1.807, 2.05) is 54.6 Å². The number of thiazole rings is 1. The number of para-hydroxylation sites is 1. The first-order valence-corrected chi connectivity index (χ1v) is 11.6. The third-order valence-electron chi connectivity index (χ3n) is 5.78. The molecular weight excluding hydrogens is 452 g/mol. The molecule has 0 aliphatic carbocycles. The molecule has 0 bridgehead atoms. The Kier molecular flexibility index (Phi) is 5.58. The number of imidazole rings is 1. The van der Waals surface area contributed by atoms with Crippen molar-refractivity contribution in [2.45, 2.75) is 13.0 Å². The normalized spacial score (nSPS) is 11.4. The van der Waals surface area contributed by atoms with Crippen LogP contribution in [-0.4, -0.2) is 36.1 Å². The van der Waals surface area contributed by atoms with Gasteiger partial charge in [-0.25, -0.2) is 19.3 Å². The Hall–Kier alpha value is -4.05. The zero-order valence-corrected chi connectivity index (χ0v) is 19.5. The summed E-state index contributed by atoms with van der Waals surface area (Å²) in [6.07, 6.45) is 2.08. The monoisotopic (exact) mass is 474 g/mol. The van der Waals surface area contributed by atoms with E-state index < -0.39 is 17.8 Å². The number of rotatable bonds is 6. The second kappa shape index (κ2) is 8.71. The lowest BCUT2D eigenvalue weighted by atomic mass is 10.1. The average molecular weight is 475 g/mol. The minimum Gasteiger partial charge on any atom is -0.328 e. The van der Waals surface area contributed by atoms with Gasteiger partial charge < -0.3 is 4.57 Å². The fourth-order valence-corrected chi connectivity index (χ4v) is 4.95. The van der Waals surface area contributed by atoms with Gasteiger partial charge in [0.05, 0.1) is 16.5 Å². The van der Waals surface area contributed by atoms with Gasteiger partial charge in [0.25, 0.3) is 5.56 Å². The van der Waals surface area contributed by atoms with Crippen molar-refractivity contribution in [2.75, 3.05) is 11.4 Å². The highest BCUT2D eigenvalue weighted by Crippen LogP contribution is 2.29. The van der Waals surface area contributed by atoms with Crippen LogP contribution in [0.1, 0.15) is 5.56 Å². The Bertz CT molecular complexity index is 1600. The molecule has 0 fully saturated rings. The van der Waals surface area contributed by atoms with Crippen molar-refractivity contribution < 1.29 is 4.79 Å². The smallest absolute Gasteiger partial charge is 0.328 e. The first kappa shape index (κ1) is 21.8. The van der Waals surface area contributed by atoms with Crippen LogP contribution >= 0.6 is 11.3 Å². The molecule has 0 saturated heterocycles. The summed E-state index contributed by atoms with van der Waals surface area (Å²) in [6.45, 7) is -0.0248. The van der Waals surface area contributed by atoms with E-state index in [1.165, 1.54) is 22.2 Å². The quantitative estimate of drug-likeness (QED) is 0.376. The van der Waals surface area contributed by atoms with Gasteiger partial charge in [-0.3, -0.25) is 19.1 Å². The summed E-state index contributed by atoms with van der Waals surface area (Å²) in [5, 5.41) is 0.536. The molecule has 0 spiro atoms. The molecule has 0 N–H and O–H groups in total. The van der Waals surface area contributed by atoms with Crippen LogP contribution in [0.15, 0.2) is 70.5 Å². The first-order valence-electron chi connectivity index (χ1n) is 10.7. The third-order valence-corrected chi connectivity index (χ3v) is 6.84. The number of aryl methyl sites for hydroxylation is 2. The van der Waals surface area contributed by atoms with Crippen LogP contribution < -0.4 is 16.1 Å². The van der Waals surface area contributed by atoms with Gasteiger partial charge in [0, 0.05) is 20.6 Å². The van der Waals surface area contributed by atoms with Gasteiger partial charge >= 0.3 is 5.69 Å². The lowest BCUT2D eigenvalue weighted by molar-refractivity contribution is -0.119. The number of amides is 1. The molecule has 2 aromatic carbocycles. The van der Waals surface area contributed by atoms with Crippen molar-refractivity contribution >= 4 is 43.8 Å². The Morgan fingerprint density at radius 2 is 1.76 bits per heavy atom. The molecule has 5 rings (SSSR count). The summed E-state index contributed by atoms with van der Waals surface area (Å²) in [7, 11) is 3.22. The molecule has 0 saturated carbocycles. The van der Waals surface area contributed by atoms with Gasteiger partial charge in [-0.1, -0.05) is 53.8 Å². The number of benzene rings is 2. The second-order valence-electron chi connectivity index (χ2n) is 8.01. The highest BCUT2D eigenvalue weighted by molar-refractivity contribution is 7.22. The maximum Gasteiger partial charge on any atom is 0.332 e. The third kappa shape index (κ3) is 3.81. The van der Waals surface area contributed by atoms with Crippen molar-refractivity contribution in [2.24, 2.45) is 14.1 Å². The van der Waals surface area contributed by atoms with Crippen molar-refractivity contribution in [3.05, 3.63) is 87.3 Å². The van der Waals surface area contributed by atoms with Gasteiger partial charge in [0.1, 0.15) is 6.54 Å². The maximum absolute atomic E-state index is 13.5. The van der Waals surface area contributed by atoms with Crippen molar-refractivity contribution in [1.82, 2.24) is 23.7 Å². The van der Waals surface area contributed by atoms with E-state index in [1.54, 1.807) is 23.6 Å². The molecule has 1 amide bonds. The van der Waals surface area contributed by atoms with Crippen LogP contribution in [-0.2, 0) is 31.9 Å². The topological polar surface area (TPSA) is 95.0 Å². The zero-order chi connectivity index (χ0) is 23.8. The number of hydrogen-bond acceptors (Lipinski definition) is 6. The molecule has 5 aromatic rings. The van der Waals surface area contributed by atoms with Crippen LogP contribution in [0.25, 0.3) is 21.4 Å². The fraction of sp³-hybridized carbons (Fsp3) is 0.208. The van der Waals surface area contributed by atoms with Gasteiger partial charge in [-0.2, -0.15) is 0 Å². The van der Waals surface area contributed by atoms with E-state index in [-0.39, 0.29) is 17.1 Å². The maximum atomic E-state index is 13.5. The minimum atomic E-state index is -0.586. The lowest BCUT2D eigenvalue weighted by Crippen LogP contribution is -2.45. The SMILES string of the molecule is Cn1cnc2c1c(=O)n(CC(=O)N(CCc1ccccc1)c1nc3ccccc3s1)c(=O)n2C. The molecule has 34 heavy (non-hydrogen) atoms. The molecule has 3 aromatic heterocycles. The van der Waals surface area contributed by atoms with Crippen molar-refractivity contribution in [3.8, 4) is 0 Å². The summed E-state index contributed by atoms with van der Waals surface area (Å²) < 4.78 is 4.77. The number of anilines is 1. The highest BCUT2D eigenvalue weighted by Gasteiger charge is 2.23. The van der Waals surface area contributed by atoms with Gasteiger partial charge in [-0.05, 0) is 24.1 Å².